The van der Waals surface area contributed by atoms with Crippen LogP contribution >= 0.6 is 0 Å². The predicted octanol–water partition coefficient (Wildman–Crippen LogP) is 2.68. The van der Waals surface area contributed by atoms with Gasteiger partial charge in [-0.1, -0.05) is 19.1 Å². The molecule has 19 heavy (non-hydrogen) atoms. The minimum Gasteiger partial charge on any atom is -0.399 e. The van der Waals surface area contributed by atoms with Gasteiger partial charge in [-0.2, -0.15) is 5.10 Å². The molecule has 0 spiro atoms. The van der Waals surface area contributed by atoms with E-state index < -0.39 is 0 Å². The van der Waals surface area contributed by atoms with Crippen LogP contribution in [0.15, 0.2) is 24.3 Å². The smallest absolute Gasteiger partial charge is 0.150 e. The molecule has 1 heterocycles. The van der Waals surface area contributed by atoms with Crippen LogP contribution in [-0.4, -0.2) is 14.8 Å². The number of hydrogen-bond donors (Lipinski definition) is 1. The van der Waals surface area contributed by atoms with Gasteiger partial charge in [0.1, 0.15) is 5.82 Å². The van der Waals surface area contributed by atoms with Crippen LogP contribution in [0.1, 0.15) is 44.4 Å². The largest absolute Gasteiger partial charge is 0.399 e. The van der Waals surface area contributed by atoms with Crippen LogP contribution in [0.5, 0.6) is 0 Å². The maximum atomic E-state index is 5.75. The highest BCUT2D eigenvalue weighted by atomic mass is 15.3. The van der Waals surface area contributed by atoms with Gasteiger partial charge in [-0.25, -0.2) is 4.98 Å². The van der Waals surface area contributed by atoms with Crippen LogP contribution in [0, 0.1) is 0 Å². The SMILES string of the molecule is CCCc1nc(C(C)(C)c2ccc(N)cc2)n(C)n1. The summed E-state index contributed by atoms with van der Waals surface area (Å²) in [5.74, 6) is 1.91. The fourth-order valence-corrected chi connectivity index (χ4v) is 2.34. The molecule has 102 valence electrons. The summed E-state index contributed by atoms with van der Waals surface area (Å²) in [5, 5.41) is 4.49. The van der Waals surface area contributed by atoms with Crippen molar-refractivity contribution >= 4 is 5.69 Å². The second-order valence-electron chi connectivity index (χ2n) is 5.47. The molecule has 2 N–H and O–H groups in total. The molecule has 1 aromatic carbocycles. The number of rotatable bonds is 4. The molecular formula is C15H22N4. The Morgan fingerprint density at radius 1 is 1.21 bits per heavy atom. The van der Waals surface area contributed by atoms with E-state index in [1.165, 1.54) is 5.56 Å². The van der Waals surface area contributed by atoms with E-state index in [-0.39, 0.29) is 5.41 Å². The monoisotopic (exact) mass is 258 g/mol. The Kier molecular flexibility index (Phi) is 3.60. The molecule has 4 heteroatoms. The Hall–Kier alpha value is -1.84. The molecule has 4 nitrogen and oxygen atoms in total. The minimum absolute atomic E-state index is 0.179. The molecule has 0 unspecified atom stereocenters. The van der Waals surface area contributed by atoms with Crippen LogP contribution in [0.4, 0.5) is 5.69 Å². The van der Waals surface area contributed by atoms with Crippen LogP contribution < -0.4 is 5.73 Å². The van der Waals surface area contributed by atoms with E-state index in [0.29, 0.717) is 0 Å². The van der Waals surface area contributed by atoms with Crippen molar-refractivity contribution in [1.29, 1.82) is 0 Å². The van der Waals surface area contributed by atoms with Gasteiger partial charge in [-0.3, -0.25) is 4.68 Å². The van der Waals surface area contributed by atoms with Gasteiger partial charge in [-0.05, 0) is 38.0 Å². The summed E-state index contributed by atoms with van der Waals surface area (Å²) in [4.78, 5) is 4.69. The highest BCUT2D eigenvalue weighted by Crippen LogP contribution is 2.30. The molecule has 2 rings (SSSR count). The molecule has 0 radical (unpaired) electrons. The summed E-state index contributed by atoms with van der Waals surface area (Å²) in [6.45, 7) is 6.47. The second-order valence-corrected chi connectivity index (χ2v) is 5.47. The van der Waals surface area contributed by atoms with Crippen molar-refractivity contribution in [3.8, 4) is 0 Å². The molecule has 0 amide bonds. The molecule has 0 bridgehead atoms. The first-order valence-corrected chi connectivity index (χ1v) is 6.71. The maximum absolute atomic E-state index is 5.75. The van der Waals surface area contributed by atoms with Gasteiger partial charge in [0.15, 0.2) is 5.82 Å². The summed E-state index contributed by atoms with van der Waals surface area (Å²) in [7, 11) is 1.96. The molecule has 2 aromatic rings. The highest BCUT2D eigenvalue weighted by molar-refractivity contribution is 5.43. The number of hydrogen-bond acceptors (Lipinski definition) is 3. The number of aromatic nitrogens is 3. The lowest BCUT2D eigenvalue weighted by atomic mass is 9.83. The lowest BCUT2D eigenvalue weighted by Crippen LogP contribution is -2.23. The normalized spacial score (nSPS) is 11.8. The summed E-state index contributed by atoms with van der Waals surface area (Å²) in [5.41, 5.74) is 7.55. The van der Waals surface area contributed by atoms with Crippen LogP contribution in [0.2, 0.25) is 0 Å². The number of benzene rings is 1. The molecule has 0 aliphatic rings. The zero-order valence-corrected chi connectivity index (χ0v) is 12.1. The summed E-state index contributed by atoms with van der Waals surface area (Å²) < 4.78 is 1.89. The third kappa shape index (κ3) is 2.62. The van der Waals surface area contributed by atoms with Crippen LogP contribution in [0.3, 0.4) is 0 Å². The zero-order valence-electron chi connectivity index (χ0n) is 12.1. The zero-order chi connectivity index (χ0) is 14.0. The fourth-order valence-electron chi connectivity index (χ4n) is 2.34. The number of nitrogen functional groups attached to an aromatic ring is 1. The maximum Gasteiger partial charge on any atom is 0.150 e. The lowest BCUT2D eigenvalue weighted by Gasteiger charge is -2.24. The van der Waals surface area contributed by atoms with E-state index >= 15 is 0 Å². The Balaban J connectivity index is 2.40. The molecule has 0 saturated carbocycles. The second kappa shape index (κ2) is 5.03. The van der Waals surface area contributed by atoms with Gasteiger partial charge in [0.2, 0.25) is 0 Å². The fraction of sp³-hybridized carbons (Fsp3) is 0.467. The van der Waals surface area contributed by atoms with Crippen LogP contribution in [0.25, 0.3) is 0 Å². The first-order valence-electron chi connectivity index (χ1n) is 6.71. The number of aryl methyl sites for hydroxylation is 2. The van der Waals surface area contributed by atoms with Crippen molar-refractivity contribution in [2.45, 2.75) is 39.0 Å². The van der Waals surface area contributed by atoms with E-state index in [9.17, 15) is 0 Å². The Morgan fingerprint density at radius 2 is 1.84 bits per heavy atom. The van der Waals surface area contributed by atoms with Gasteiger partial charge < -0.3 is 5.73 Å². The Labute approximate surface area is 114 Å². The van der Waals surface area contributed by atoms with Gasteiger partial charge >= 0.3 is 0 Å². The van der Waals surface area contributed by atoms with Gasteiger partial charge in [0, 0.05) is 24.6 Å². The van der Waals surface area contributed by atoms with Crippen molar-refractivity contribution in [2.75, 3.05) is 5.73 Å². The molecule has 1 aromatic heterocycles. The average Bonchev–Trinajstić information content (AvgIpc) is 2.72. The molecule has 0 aliphatic heterocycles. The van der Waals surface area contributed by atoms with E-state index in [1.807, 2.05) is 23.9 Å². The molecule has 0 fully saturated rings. The third-order valence-electron chi connectivity index (χ3n) is 3.47. The quantitative estimate of drug-likeness (QED) is 0.858. The first kappa shape index (κ1) is 13.6. The third-order valence-corrected chi connectivity index (χ3v) is 3.47. The average molecular weight is 258 g/mol. The number of anilines is 1. The van der Waals surface area contributed by atoms with Crippen molar-refractivity contribution in [3.05, 3.63) is 41.5 Å². The summed E-state index contributed by atoms with van der Waals surface area (Å²) in [6.07, 6.45) is 1.98. The molecule has 0 saturated heterocycles. The van der Waals surface area contributed by atoms with Crippen molar-refractivity contribution in [2.24, 2.45) is 7.05 Å². The van der Waals surface area contributed by atoms with Crippen molar-refractivity contribution in [1.82, 2.24) is 14.8 Å². The number of nitrogens with two attached hydrogens (primary N) is 1. The van der Waals surface area contributed by atoms with Crippen LogP contribution in [-0.2, 0) is 18.9 Å². The minimum atomic E-state index is -0.179. The van der Waals surface area contributed by atoms with E-state index in [2.05, 4.69) is 38.0 Å². The van der Waals surface area contributed by atoms with E-state index in [4.69, 9.17) is 10.7 Å². The van der Waals surface area contributed by atoms with E-state index in [0.717, 1.165) is 30.2 Å². The molecule has 0 aliphatic carbocycles. The lowest BCUT2D eigenvalue weighted by molar-refractivity contribution is 0.542. The molecule has 0 atom stereocenters. The number of nitrogens with zero attached hydrogens (tertiary/aromatic N) is 3. The van der Waals surface area contributed by atoms with Crippen molar-refractivity contribution < 1.29 is 0 Å². The van der Waals surface area contributed by atoms with Gasteiger partial charge in [-0.15, -0.1) is 0 Å². The predicted molar refractivity (Wildman–Crippen MR) is 78.0 cm³/mol. The highest BCUT2D eigenvalue weighted by Gasteiger charge is 2.28. The van der Waals surface area contributed by atoms with E-state index in [1.54, 1.807) is 0 Å². The summed E-state index contributed by atoms with van der Waals surface area (Å²) >= 11 is 0. The van der Waals surface area contributed by atoms with Gasteiger partial charge in [0.05, 0.1) is 0 Å². The standard InChI is InChI=1S/C15H22N4/c1-5-6-13-17-14(19(4)18-13)15(2,3)11-7-9-12(16)10-8-11/h7-10H,5-6,16H2,1-4H3. The summed E-state index contributed by atoms with van der Waals surface area (Å²) in [6, 6.07) is 7.98. The molecular weight excluding hydrogens is 236 g/mol. The van der Waals surface area contributed by atoms with Crippen molar-refractivity contribution in [3.63, 3.8) is 0 Å². The topological polar surface area (TPSA) is 56.7 Å². The van der Waals surface area contributed by atoms with Gasteiger partial charge in [0.25, 0.3) is 0 Å². The first-order chi connectivity index (χ1) is 8.95. The Morgan fingerprint density at radius 3 is 2.42 bits per heavy atom. The Bertz CT molecular complexity index is 552.